The molecular formula is C27H28F3N5O. The fraction of sp³-hybridized carbons (Fsp3) is 0.370. The summed E-state index contributed by atoms with van der Waals surface area (Å²) >= 11 is 0. The van der Waals surface area contributed by atoms with E-state index in [1.165, 1.54) is 0 Å². The number of rotatable bonds is 7. The number of benzene rings is 1. The molecule has 0 aliphatic heterocycles. The molecule has 36 heavy (non-hydrogen) atoms. The summed E-state index contributed by atoms with van der Waals surface area (Å²) in [6.07, 6.45) is 3.97. The van der Waals surface area contributed by atoms with E-state index >= 15 is 0 Å². The molecule has 2 unspecified atom stereocenters. The van der Waals surface area contributed by atoms with Crippen molar-refractivity contribution in [3.8, 4) is 5.69 Å². The van der Waals surface area contributed by atoms with Crippen LogP contribution in [0.2, 0.25) is 0 Å². The molecule has 1 fully saturated rings. The van der Waals surface area contributed by atoms with Gasteiger partial charge in [0.15, 0.2) is 0 Å². The number of nitrogens with zero attached hydrogens (tertiary/aromatic N) is 3. The molecule has 2 N–H and O–H groups in total. The van der Waals surface area contributed by atoms with Crippen LogP contribution in [0.3, 0.4) is 0 Å². The Morgan fingerprint density at radius 1 is 1.17 bits per heavy atom. The van der Waals surface area contributed by atoms with Crippen LogP contribution >= 0.6 is 0 Å². The van der Waals surface area contributed by atoms with Gasteiger partial charge in [-0.2, -0.15) is 13.2 Å². The van der Waals surface area contributed by atoms with Crippen LogP contribution in [0.25, 0.3) is 11.4 Å². The van der Waals surface area contributed by atoms with Gasteiger partial charge in [0.2, 0.25) is 0 Å². The minimum Gasteiger partial charge on any atom is -0.383 e. The molecule has 1 saturated carbocycles. The van der Waals surface area contributed by atoms with E-state index in [0.29, 0.717) is 17.0 Å². The van der Waals surface area contributed by atoms with E-state index in [1.54, 1.807) is 18.7 Å². The number of carbonyl (C=O) groups is 1. The number of hydrogen-bond acceptors (Lipinski definition) is 4. The summed E-state index contributed by atoms with van der Waals surface area (Å²) < 4.78 is 40.4. The van der Waals surface area contributed by atoms with Gasteiger partial charge in [0, 0.05) is 48.1 Å². The van der Waals surface area contributed by atoms with Crippen LogP contribution < -0.4 is 10.6 Å². The van der Waals surface area contributed by atoms with Crippen molar-refractivity contribution in [3.05, 3.63) is 83.2 Å². The number of hydrogen-bond donors (Lipinski definition) is 2. The van der Waals surface area contributed by atoms with Gasteiger partial charge in [-0.05, 0) is 61.2 Å². The first kappa shape index (κ1) is 24.1. The number of pyridine rings is 1. The number of alkyl halides is 3. The Labute approximate surface area is 207 Å². The molecule has 0 bridgehead atoms. The number of aromatic nitrogens is 3. The van der Waals surface area contributed by atoms with Gasteiger partial charge < -0.3 is 15.2 Å². The van der Waals surface area contributed by atoms with Gasteiger partial charge >= 0.3 is 6.18 Å². The van der Waals surface area contributed by atoms with Crippen LogP contribution in [-0.4, -0.2) is 39.2 Å². The Morgan fingerprint density at radius 3 is 2.58 bits per heavy atom. The van der Waals surface area contributed by atoms with Crippen molar-refractivity contribution in [2.75, 3.05) is 6.54 Å². The van der Waals surface area contributed by atoms with Gasteiger partial charge in [-0.3, -0.25) is 9.78 Å². The van der Waals surface area contributed by atoms with Crippen LogP contribution in [0.5, 0.6) is 0 Å². The fourth-order valence-corrected chi connectivity index (χ4v) is 4.77. The highest BCUT2D eigenvalue weighted by Crippen LogP contribution is 2.43. The van der Waals surface area contributed by atoms with E-state index < -0.39 is 12.6 Å². The Morgan fingerprint density at radius 2 is 1.92 bits per heavy atom. The lowest BCUT2D eigenvalue weighted by Gasteiger charge is -2.30. The Bertz CT molecular complexity index is 1290. The maximum Gasteiger partial charge on any atom is 0.390 e. The second-order valence-corrected chi connectivity index (χ2v) is 9.56. The third-order valence-corrected chi connectivity index (χ3v) is 6.84. The van der Waals surface area contributed by atoms with Crippen LogP contribution in [0.4, 0.5) is 13.2 Å². The van der Waals surface area contributed by atoms with E-state index in [4.69, 9.17) is 0 Å². The second-order valence-electron chi connectivity index (χ2n) is 9.56. The van der Waals surface area contributed by atoms with E-state index in [9.17, 15) is 18.0 Å². The largest absolute Gasteiger partial charge is 0.390 e. The SMILES string of the molecule is Cc1cc(-n2cnc3c2C(C)C(c2ccncc2)C=C3NCCC(F)(F)F)ccc1C(=O)NC1CC1. The van der Waals surface area contributed by atoms with Crippen molar-refractivity contribution in [2.24, 2.45) is 0 Å². The monoisotopic (exact) mass is 495 g/mol. The molecule has 3 aromatic rings. The summed E-state index contributed by atoms with van der Waals surface area (Å²) in [6.45, 7) is 3.76. The summed E-state index contributed by atoms with van der Waals surface area (Å²) in [5.41, 5.74) is 5.49. The fourth-order valence-electron chi connectivity index (χ4n) is 4.77. The molecule has 188 valence electrons. The predicted octanol–water partition coefficient (Wildman–Crippen LogP) is 5.25. The van der Waals surface area contributed by atoms with Gasteiger partial charge in [0.05, 0.1) is 17.8 Å². The normalized spacial score (nSPS) is 19.4. The summed E-state index contributed by atoms with van der Waals surface area (Å²) in [5, 5.41) is 6.00. The summed E-state index contributed by atoms with van der Waals surface area (Å²) in [5.74, 6) is -0.148. The first-order chi connectivity index (χ1) is 17.2. The molecule has 2 heterocycles. The number of aryl methyl sites for hydroxylation is 1. The van der Waals surface area contributed by atoms with Crippen molar-refractivity contribution in [1.82, 2.24) is 25.2 Å². The summed E-state index contributed by atoms with van der Waals surface area (Å²) in [7, 11) is 0. The number of nitrogens with one attached hydrogen (secondary N) is 2. The lowest BCUT2D eigenvalue weighted by atomic mass is 9.80. The van der Waals surface area contributed by atoms with Crippen LogP contribution in [0.15, 0.2) is 55.1 Å². The molecule has 2 aromatic heterocycles. The number of fused-ring (bicyclic) bond motifs is 1. The molecule has 0 saturated heterocycles. The van der Waals surface area contributed by atoms with Crippen molar-refractivity contribution >= 4 is 11.6 Å². The first-order valence-electron chi connectivity index (χ1n) is 12.1. The smallest absolute Gasteiger partial charge is 0.383 e. The minimum absolute atomic E-state index is 0.00351. The number of allylic oxidation sites excluding steroid dienone is 1. The quantitative estimate of drug-likeness (QED) is 0.470. The zero-order chi connectivity index (χ0) is 25.4. The number of imidazole rings is 1. The van der Waals surface area contributed by atoms with Crippen molar-refractivity contribution in [3.63, 3.8) is 0 Å². The zero-order valence-corrected chi connectivity index (χ0v) is 20.1. The van der Waals surface area contributed by atoms with Gasteiger partial charge in [-0.1, -0.05) is 13.0 Å². The molecule has 6 nitrogen and oxygen atoms in total. The number of carbonyl (C=O) groups excluding carboxylic acids is 1. The second kappa shape index (κ2) is 9.44. The molecule has 0 spiro atoms. The molecule has 1 amide bonds. The standard InChI is InChI=1S/C27H28F3N5O/c1-16-13-20(5-6-21(16)26(36)34-19-3-4-19)35-15-33-24-23(32-12-9-27(28,29)30)14-22(17(2)25(24)35)18-7-10-31-11-8-18/h5-8,10-11,13-15,17,19,22,32H,3-4,9,12H2,1-2H3,(H,34,36). The number of amides is 1. The number of halogens is 3. The highest BCUT2D eigenvalue weighted by molar-refractivity contribution is 5.96. The van der Waals surface area contributed by atoms with E-state index in [0.717, 1.165) is 35.3 Å². The van der Waals surface area contributed by atoms with Gasteiger partial charge in [0.25, 0.3) is 5.91 Å². The van der Waals surface area contributed by atoms with Gasteiger partial charge in [0.1, 0.15) is 12.0 Å². The molecule has 9 heteroatoms. The Kier molecular flexibility index (Phi) is 6.32. The van der Waals surface area contributed by atoms with Crippen LogP contribution in [0, 0.1) is 6.92 Å². The minimum atomic E-state index is -4.24. The van der Waals surface area contributed by atoms with Crippen molar-refractivity contribution in [2.45, 2.75) is 57.2 Å². The van der Waals surface area contributed by atoms with E-state index in [1.807, 2.05) is 47.9 Å². The van der Waals surface area contributed by atoms with Crippen LogP contribution in [-0.2, 0) is 0 Å². The highest BCUT2D eigenvalue weighted by atomic mass is 19.4. The average Bonchev–Trinajstić information content (AvgIpc) is 3.53. The third kappa shape index (κ3) is 5.01. The molecule has 1 aromatic carbocycles. The van der Waals surface area contributed by atoms with Gasteiger partial charge in [-0.15, -0.1) is 0 Å². The third-order valence-electron chi connectivity index (χ3n) is 6.84. The van der Waals surface area contributed by atoms with Crippen LogP contribution in [0.1, 0.15) is 70.9 Å². The topological polar surface area (TPSA) is 71.8 Å². The highest BCUT2D eigenvalue weighted by Gasteiger charge is 2.33. The Balaban J connectivity index is 1.50. The zero-order valence-electron chi connectivity index (χ0n) is 20.1. The molecule has 2 atom stereocenters. The van der Waals surface area contributed by atoms with Gasteiger partial charge in [-0.25, -0.2) is 4.98 Å². The van der Waals surface area contributed by atoms with E-state index in [-0.39, 0.29) is 30.3 Å². The lowest BCUT2D eigenvalue weighted by Crippen LogP contribution is -2.26. The molecule has 5 rings (SSSR count). The Hall–Kier alpha value is -3.62. The van der Waals surface area contributed by atoms with Crippen molar-refractivity contribution < 1.29 is 18.0 Å². The van der Waals surface area contributed by atoms with Crippen molar-refractivity contribution in [1.29, 1.82) is 0 Å². The molecule has 2 aliphatic rings. The maximum absolute atomic E-state index is 12.8. The predicted molar refractivity (Wildman–Crippen MR) is 131 cm³/mol. The summed E-state index contributed by atoms with van der Waals surface area (Å²) in [4.78, 5) is 21.3. The molecular weight excluding hydrogens is 467 g/mol. The van der Waals surface area contributed by atoms with E-state index in [2.05, 4.69) is 27.5 Å². The first-order valence-corrected chi connectivity index (χ1v) is 12.1. The lowest BCUT2D eigenvalue weighted by molar-refractivity contribution is -0.132. The molecule has 0 radical (unpaired) electrons. The summed E-state index contributed by atoms with van der Waals surface area (Å²) in [6, 6.07) is 9.79. The average molecular weight is 496 g/mol. The maximum atomic E-state index is 12.8. The molecule has 2 aliphatic carbocycles.